The molecule has 2 fully saturated rings. The first-order chi connectivity index (χ1) is 14.5. The fourth-order valence-electron chi connectivity index (χ4n) is 6.84. The van der Waals surface area contributed by atoms with Crippen LogP contribution >= 0.6 is 0 Å². The molecular formula is C25H45N3O3. The Balaban J connectivity index is 1.85. The summed E-state index contributed by atoms with van der Waals surface area (Å²) in [7, 11) is 0. The molecule has 2 aliphatic rings. The molecule has 0 amide bonds. The van der Waals surface area contributed by atoms with Gasteiger partial charge >= 0.3 is 0 Å². The first kappa shape index (κ1) is 26.1. The van der Waals surface area contributed by atoms with Crippen molar-refractivity contribution in [2.24, 2.45) is 22.2 Å². The van der Waals surface area contributed by atoms with E-state index in [1.807, 2.05) is 0 Å². The van der Waals surface area contributed by atoms with Gasteiger partial charge < -0.3 is 10.6 Å². The Bertz CT molecular complexity index is 638. The normalized spacial score (nSPS) is 24.8. The van der Waals surface area contributed by atoms with Gasteiger partial charge in [-0.25, -0.2) is 0 Å². The zero-order chi connectivity index (χ0) is 23.3. The Hall–Kier alpha value is -1.11. The van der Waals surface area contributed by atoms with E-state index < -0.39 is 11.5 Å². The van der Waals surface area contributed by atoms with Gasteiger partial charge in [0.15, 0.2) is 11.6 Å². The maximum Gasteiger partial charge on any atom is 0.163 e. The van der Waals surface area contributed by atoms with Crippen LogP contribution in [0.4, 0.5) is 0 Å². The highest BCUT2D eigenvalue weighted by Crippen LogP contribution is 2.61. The third kappa shape index (κ3) is 6.23. The average molecular weight is 436 g/mol. The zero-order valence-corrected chi connectivity index (χ0v) is 20.7. The van der Waals surface area contributed by atoms with Crippen molar-refractivity contribution in [1.29, 1.82) is 0 Å². The van der Waals surface area contributed by atoms with Crippen LogP contribution in [0.1, 0.15) is 86.5 Å². The molecular weight excluding hydrogens is 390 g/mol. The maximum atomic E-state index is 13.4. The number of hydrogen-bond donors (Lipinski definition) is 3. The monoisotopic (exact) mass is 435 g/mol. The summed E-state index contributed by atoms with van der Waals surface area (Å²) in [5, 5.41) is 9.92. The number of rotatable bonds is 12. The molecule has 31 heavy (non-hydrogen) atoms. The van der Waals surface area contributed by atoms with Crippen LogP contribution in [0.25, 0.3) is 0 Å². The molecule has 0 heterocycles. The molecule has 0 radical (unpaired) electrons. The number of unbranched alkanes of at least 4 members (excludes halogenated alkanes) is 2. The van der Waals surface area contributed by atoms with E-state index in [9.17, 15) is 14.4 Å². The first-order valence-corrected chi connectivity index (χ1v) is 12.2. The van der Waals surface area contributed by atoms with Crippen molar-refractivity contribution < 1.29 is 14.4 Å². The van der Waals surface area contributed by atoms with E-state index in [4.69, 9.17) is 0 Å². The van der Waals surface area contributed by atoms with Crippen molar-refractivity contribution in [2.75, 3.05) is 26.3 Å². The van der Waals surface area contributed by atoms with Crippen molar-refractivity contribution in [1.82, 2.24) is 16.0 Å². The van der Waals surface area contributed by atoms with E-state index in [1.165, 1.54) is 12.8 Å². The number of Topliss-reactive ketones (excluding diaryl/α,β-unsaturated/α-hetero) is 3. The number of nitrogens with one attached hydrogen (secondary N) is 3. The lowest BCUT2D eigenvalue weighted by molar-refractivity contribution is -0.150. The van der Waals surface area contributed by atoms with E-state index in [0.717, 1.165) is 32.5 Å². The molecule has 1 unspecified atom stereocenters. The fraction of sp³-hybridized carbons (Fsp3) is 0.880. The number of carbonyl (C=O) groups excluding carboxylic acids is 3. The SMILES string of the molecule is CCCCNCCCCNCNC1C(=O)CC2(CC(C)(C)C(C(C)=O)C(C)(C)C2)C1=O. The molecule has 0 aromatic carbocycles. The molecule has 2 aliphatic carbocycles. The van der Waals surface area contributed by atoms with Crippen molar-refractivity contribution in [2.45, 2.75) is 92.5 Å². The molecule has 0 bridgehead atoms. The van der Waals surface area contributed by atoms with Crippen LogP contribution in [-0.4, -0.2) is 49.7 Å². The van der Waals surface area contributed by atoms with Gasteiger partial charge in [-0.2, -0.15) is 0 Å². The predicted octanol–water partition coefficient (Wildman–Crippen LogP) is 3.24. The molecule has 3 N–H and O–H groups in total. The van der Waals surface area contributed by atoms with E-state index >= 15 is 0 Å². The van der Waals surface area contributed by atoms with Crippen LogP contribution in [0.15, 0.2) is 0 Å². The van der Waals surface area contributed by atoms with Crippen molar-refractivity contribution in [3.05, 3.63) is 0 Å². The molecule has 0 aromatic heterocycles. The second kappa shape index (κ2) is 10.7. The predicted molar refractivity (Wildman–Crippen MR) is 125 cm³/mol. The third-order valence-corrected chi connectivity index (χ3v) is 7.27. The van der Waals surface area contributed by atoms with Crippen molar-refractivity contribution >= 4 is 17.3 Å². The minimum Gasteiger partial charge on any atom is -0.317 e. The number of carbonyl (C=O) groups is 3. The largest absolute Gasteiger partial charge is 0.317 e. The average Bonchev–Trinajstić information content (AvgIpc) is 2.83. The summed E-state index contributed by atoms with van der Waals surface area (Å²) in [5.74, 6) is 0.113. The summed E-state index contributed by atoms with van der Waals surface area (Å²) in [5.41, 5.74) is -1.25. The smallest absolute Gasteiger partial charge is 0.163 e. The summed E-state index contributed by atoms with van der Waals surface area (Å²) in [6.45, 7) is 15.6. The Morgan fingerprint density at radius 1 is 0.935 bits per heavy atom. The van der Waals surface area contributed by atoms with Crippen LogP contribution in [0, 0.1) is 22.2 Å². The molecule has 6 nitrogen and oxygen atoms in total. The van der Waals surface area contributed by atoms with Gasteiger partial charge in [0, 0.05) is 24.4 Å². The highest BCUT2D eigenvalue weighted by atomic mass is 16.2. The lowest BCUT2D eigenvalue weighted by Gasteiger charge is -2.54. The topological polar surface area (TPSA) is 87.3 Å². The summed E-state index contributed by atoms with van der Waals surface area (Å²) in [6, 6.07) is -0.719. The van der Waals surface area contributed by atoms with E-state index in [1.54, 1.807) is 6.92 Å². The fourth-order valence-corrected chi connectivity index (χ4v) is 6.84. The standard InChI is InChI=1S/C25H45N3O3/c1-7-8-11-26-12-9-10-13-27-17-28-20-19(30)14-25(22(20)31)15-23(3,4)21(18(2)29)24(5,6)16-25/h20-21,26-28H,7-17H2,1-6H3. The zero-order valence-electron chi connectivity index (χ0n) is 20.7. The molecule has 0 saturated heterocycles. The summed E-state index contributed by atoms with van der Waals surface area (Å²) in [6.07, 6.45) is 6.12. The van der Waals surface area contributed by atoms with Crippen LogP contribution in [0.3, 0.4) is 0 Å². The Labute approximate surface area is 189 Å². The summed E-state index contributed by atoms with van der Waals surface area (Å²) in [4.78, 5) is 38.6. The van der Waals surface area contributed by atoms with Crippen LogP contribution < -0.4 is 16.0 Å². The first-order valence-electron chi connectivity index (χ1n) is 12.2. The summed E-state index contributed by atoms with van der Waals surface area (Å²) < 4.78 is 0. The van der Waals surface area contributed by atoms with Crippen LogP contribution in [0.2, 0.25) is 0 Å². The van der Waals surface area contributed by atoms with Gasteiger partial charge in [-0.05, 0) is 69.5 Å². The molecule has 2 rings (SSSR count). The number of ketones is 3. The minimum atomic E-state index is -0.719. The Morgan fingerprint density at radius 2 is 1.48 bits per heavy atom. The maximum absolute atomic E-state index is 13.4. The molecule has 6 heteroatoms. The lowest BCUT2D eigenvalue weighted by Crippen LogP contribution is -2.54. The highest BCUT2D eigenvalue weighted by Gasteiger charge is 2.62. The van der Waals surface area contributed by atoms with Crippen molar-refractivity contribution in [3.63, 3.8) is 0 Å². The Morgan fingerprint density at radius 3 is 2.03 bits per heavy atom. The highest BCUT2D eigenvalue weighted by molar-refractivity contribution is 6.15. The van der Waals surface area contributed by atoms with Gasteiger partial charge in [0.25, 0.3) is 0 Å². The third-order valence-electron chi connectivity index (χ3n) is 7.27. The van der Waals surface area contributed by atoms with E-state index in [2.05, 4.69) is 50.6 Å². The molecule has 1 atom stereocenters. The molecule has 0 aliphatic heterocycles. The molecule has 0 aromatic rings. The van der Waals surface area contributed by atoms with Gasteiger partial charge in [0.1, 0.15) is 11.8 Å². The molecule has 1 spiro atoms. The van der Waals surface area contributed by atoms with Gasteiger partial charge in [-0.15, -0.1) is 0 Å². The molecule has 2 saturated carbocycles. The second-order valence-electron chi connectivity index (χ2n) is 11.3. The van der Waals surface area contributed by atoms with Gasteiger partial charge in [0.05, 0.1) is 0 Å². The Kier molecular flexibility index (Phi) is 9.00. The van der Waals surface area contributed by atoms with Gasteiger partial charge in [-0.3, -0.25) is 19.7 Å². The lowest BCUT2D eigenvalue weighted by atomic mass is 9.48. The van der Waals surface area contributed by atoms with Crippen LogP contribution in [-0.2, 0) is 14.4 Å². The van der Waals surface area contributed by atoms with Gasteiger partial charge in [-0.1, -0.05) is 41.0 Å². The summed E-state index contributed by atoms with van der Waals surface area (Å²) >= 11 is 0. The number of hydrogen-bond acceptors (Lipinski definition) is 6. The minimum absolute atomic E-state index is 0.000186. The van der Waals surface area contributed by atoms with E-state index in [0.29, 0.717) is 25.9 Å². The van der Waals surface area contributed by atoms with E-state index in [-0.39, 0.29) is 34.1 Å². The van der Waals surface area contributed by atoms with Gasteiger partial charge in [0.2, 0.25) is 0 Å². The second-order valence-corrected chi connectivity index (χ2v) is 11.3. The quantitative estimate of drug-likeness (QED) is 0.248. The van der Waals surface area contributed by atoms with Crippen molar-refractivity contribution in [3.8, 4) is 0 Å². The van der Waals surface area contributed by atoms with Crippen LogP contribution in [0.5, 0.6) is 0 Å². The molecule has 178 valence electrons.